The van der Waals surface area contributed by atoms with Gasteiger partial charge in [0.05, 0.1) is 6.26 Å². The molecule has 2 aromatic rings. The van der Waals surface area contributed by atoms with Crippen LogP contribution in [0.15, 0.2) is 47.1 Å². The van der Waals surface area contributed by atoms with E-state index in [1.165, 1.54) is 6.26 Å². The molecule has 4 heteroatoms. The van der Waals surface area contributed by atoms with Gasteiger partial charge in [-0.25, -0.2) is 4.79 Å². The van der Waals surface area contributed by atoms with Gasteiger partial charge in [0.2, 0.25) is 5.76 Å². The number of halogens is 1. The van der Waals surface area contributed by atoms with Gasteiger partial charge in [-0.05, 0) is 52.4 Å². The Balaban J connectivity index is 1.93. The normalized spacial score (nSPS) is 10.1. The van der Waals surface area contributed by atoms with Crippen LogP contribution in [0.5, 0.6) is 0 Å². The molecule has 0 atom stereocenters. The Morgan fingerprint density at radius 3 is 2.62 bits per heavy atom. The highest BCUT2D eigenvalue weighted by Gasteiger charge is 2.09. The van der Waals surface area contributed by atoms with Gasteiger partial charge in [0.15, 0.2) is 0 Å². The maximum Gasteiger partial charge on any atom is 0.374 e. The highest BCUT2D eigenvalue weighted by atomic mass is 127. The van der Waals surface area contributed by atoms with Gasteiger partial charge < -0.3 is 9.15 Å². The molecular weight excluding hydrogens is 319 g/mol. The molecule has 0 aliphatic carbocycles. The van der Waals surface area contributed by atoms with E-state index >= 15 is 0 Å². The summed E-state index contributed by atoms with van der Waals surface area (Å²) >= 11 is 2.22. The molecule has 0 spiro atoms. The molecule has 1 aromatic carbocycles. The van der Waals surface area contributed by atoms with Gasteiger partial charge >= 0.3 is 5.97 Å². The second kappa shape index (κ2) is 5.16. The van der Waals surface area contributed by atoms with Crippen LogP contribution in [0, 0.1) is 3.57 Å². The SMILES string of the molecule is O=C(OCc1ccc(I)cc1)c1ccco1. The lowest BCUT2D eigenvalue weighted by atomic mass is 10.2. The molecule has 0 radical (unpaired) electrons. The third kappa shape index (κ3) is 2.85. The topological polar surface area (TPSA) is 39.4 Å². The molecule has 1 aromatic heterocycles. The van der Waals surface area contributed by atoms with Gasteiger partial charge in [0.1, 0.15) is 6.61 Å². The standard InChI is InChI=1S/C12H9IO3/c13-10-5-3-9(4-6-10)8-16-12(14)11-2-1-7-15-11/h1-7H,8H2. The molecule has 0 amide bonds. The number of furan rings is 1. The van der Waals surface area contributed by atoms with E-state index in [4.69, 9.17) is 9.15 Å². The summed E-state index contributed by atoms with van der Waals surface area (Å²) in [6.45, 7) is 0.260. The molecule has 0 saturated carbocycles. The highest BCUT2D eigenvalue weighted by Crippen LogP contribution is 2.09. The van der Waals surface area contributed by atoms with Crippen LogP contribution in [0.25, 0.3) is 0 Å². The van der Waals surface area contributed by atoms with Gasteiger partial charge in [-0.1, -0.05) is 12.1 Å². The van der Waals surface area contributed by atoms with Gasteiger partial charge in [0.25, 0.3) is 0 Å². The number of benzene rings is 1. The summed E-state index contributed by atoms with van der Waals surface area (Å²) in [7, 11) is 0. The van der Waals surface area contributed by atoms with Crippen LogP contribution in [0.3, 0.4) is 0 Å². The van der Waals surface area contributed by atoms with E-state index in [1.807, 2.05) is 24.3 Å². The van der Waals surface area contributed by atoms with E-state index in [1.54, 1.807) is 12.1 Å². The largest absolute Gasteiger partial charge is 0.457 e. The van der Waals surface area contributed by atoms with Gasteiger partial charge in [0, 0.05) is 3.57 Å². The van der Waals surface area contributed by atoms with Crippen molar-refractivity contribution in [1.29, 1.82) is 0 Å². The first-order valence-electron chi connectivity index (χ1n) is 4.71. The highest BCUT2D eigenvalue weighted by molar-refractivity contribution is 14.1. The van der Waals surface area contributed by atoms with E-state index in [2.05, 4.69) is 22.6 Å². The molecule has 0 aliphatic rings. The molecule has 2 rings (SSSR count). The van der Waals surface area contributed by atoms with E-state index in [0.717, 1.165) is 9.13 Å². The lowest BCUT2D eigenvalue weighted by molar-refractivity contribution is 0.0436. The van der Waals surface area contributed by atoms with Crippen LogP contribution in [0.4, 0.5) is 0 Å². The molecule has 0 aliphatic heterocycles. The minimum absolute atomic E-state index is 0.227. The predicted molar refractivity (Wildman–Crippen MR) is 67.0 cm³/mol. The fourth-order valence-electron chi connectivity index (χ4n) is 1.20. The van der Waals surface area contributed by atoms with Crippen LogP contribution < -0.4 is 0 Å². The lowest BCUT2D eigenvalue weighted by Crippen LogP contribution is -2.03. The Morgan fingerprint density at radius 1 is 1.25 bits per heavy atom. The Bertz CT molecular complexity index is 460. The number of esters is 1. The molecule has 0 fully saturated rings. The number of ether oxygens (including phenoxy) is 1. The van der Waals surface area contributed by atoms with Crippen LogP contribution in [-0.4, -0.2) is 5.97 Å². The number of hydrogen-bond donors (Lipinski definition) is 0. The Labute approximate surface area is 107 Å². The predicted octanol–water partition coefficient (Wildman–Crippen LogP) is 3.24. The Kier molecular flexibility index (Phi) is 3.61. The van der Waals surface area contributed by atoms with Crippen LogP contribution in [-0.2, 0) is 11.3 Å². The molecule has 0 unspecified atom stereocenters. The van der Waals surface area contributed by atoms with Crippen molar-refractivity contribution in [3.8, 4) is 0 Å². The van der Waals surface area contributed by atoms with E-state index < -0.39 is 5.97 Å². The maximum absolute atomic E-state index is 11.4. The van der Waals surface area contributed by atoms with Gasteiger partial charge in [-0.3, -0.25) is 0 Å². The Hall–Kier alpha value is -1.30. The van der Waals surface area contributed by atoms with Crippen molar-refractivity contribution in [3.63, 3.8) is 0 Å². The van der Waals surface area contributed by atoms with Crippen molar-refractivity contribution in [2.75, 3.05) is 0 Å². The number of carbonyl (C=O) groups is 1. The summed E-state index contributed by atoms with van der Waals surface area (Å²) in [5, 5.41) is 0. The van der Waals surface area contributed by atoms with Gasteiger partial charge in [-0.15, -0.1) is 0 Å². The molecule has 0 bridgehead atoms. The fourth-order valence-corrected chi connectivity index (χ4v) is 1.55. The first kappa shape index (κ1) is 11.2. The summed E-state index contributed by atoms with van der Waals surface area (Å²) in [6.07, 6.45) is 1.45. The summed E-state index contributed by atoms with van der Waals surface area (Å²) in [4.78, 5) is 11.4. The monoisotopic (exact) mass is 328 g/mol. The van der Waals surface area contributed by atoms with Crippen LogP contribution in [0.1, 0.15) is 16.1 Å². The number of hydrogen-bond acceptors (Lipinski definition) is 3. The van der Waals surface area contributed by atoms with Crippen molar-refractivity contribution >= 4 is 28.6 Å². The van der Waals surface area contributed by atoms with Crippen LogP contribution in [0.2, 0.25) is 0 Å². The van der Waals surface area contributed by atoms with Gasteiger partial charge in [-0.2, -0.15) is 0 Å². The molecular formula is C12H9IO3. The van der Waals surface area contributed by atoms with E-state index in [0.29, 0.717) is 0 Å². The van der Waals surface area contributed by atoms with Crippen molar-refractivity contribution in [3.05, 3.63) is 57.6 Å². The molecule has 0 saturated heterocycles. The molecule has 16 heavy (non-hydrogen) atoms. The molecule has 1 heterocycles. The lowest BCUT2D eigenvalue weighted by Gasteiger charge is -2.02. The Morgan fingerprint density at radius 2 is 2.00 bits per heavy atom. The average molecular weight is 328 g/mol. The van der Waals surface area contributed by atoms with Crippen molar-refractivity contribution in [2.24, 2.45) is 0 Å². The fraction of sp³-hybridized carbons (Fsp3) is 0.0833. The van der Waals surface area contributed by atoms with Crippen molar-refractivity contribution < 1.29 is 13.9 Å². The minimum Gasteiger partial charge on any atom is -0.457 e. The number of carbonyl (C=O) groups excluding carboxylic acids is 1. The zero-order valence-electron chi connectivity index (χ0n) is 8.35. The zero-order chi connectivity index (χ0) is 11.4. The summed E-state index contributed by atoms with van der Waals surface area (Å²) in [5.41, 5.74) is 0.959. The summed E-state index contributed by atoms with van der Waals surface area (Å²) in [5.74, 6) is -0.214. The minimum atomic E-state index is -0.441. The van der Waals surface area contributed by atoms with Crippen molar-refractivity contribution in [2.45, 2.75) is 6.61 Å². The summed E-state index contributed by atoms with van der Waals surface area (Å²) < 4.78 is 11.2. The quantitative estimate of drug-likeness (QED) is 0.641. The summed E-state index contributed by atoms with van der Waals surface area (Å²) in [6, 6.07) is 11.0. The van der Waals surface area contributed by atoms with Crippen LogP contribution >= 0.6 is 22.6 Å². The second-order valence-electron chi connectivity index (χ2n) is 3.18. The van der Waals surface area contributed by atoms with Crippen molar-refractivity contribution in [1.82, 2.24) is 0 Å². The van der Waals surface area contributed by atoms with E-state index in [9.17, 15) is 4.79 Å². The first-order chi connectivity index (χ1) is 7.75. The van der Waals surface area contributed by atoms with E-state index in [-0.39, 0.29) is 12.4 Å². The number of rotatable bonds is 3. The maximum atomic E-state index is 11.4. The second-order valence-corrected chi connectivity index (χ2v) is 4.43. The zero-order valence-corrected chi connectivity index (χ0v) is 10.5. The first-order valence-corrected chi connectivity index (χ1v) is 5.78. The third-order valence-corrected chi connectivity index (χ3v) is 2.72. The molecule has 0 N–H and O–H groups in total. The molecule has 3 nitrogen and oxygen atoms in total. The molecule has 82 valence electrons. The third-order valence-electron chi connectivity index (χ3n) is 2.01. The smallest absolute Gasteiger partial charge is 0.374 e. The average Bonchev–Trinajstić information content (AvgIpc) is 2.81.